The molecule has 2 heterocycles. The van der Waals surface area contributed by atoms with Crippen molar-refractivity contribution in [2.45, 2.75) is 19.0 Å². The Morgan fingerprint density at radius 3 is 2.52 bits per heavy atom. The number of benzene rings is 2. The number of rotatable bonds is 6. The number of likely N-dealkylation sites (tertiary alicyclic amines) is 1. The SMILES string of the molecule is O=C1C(=O)N(CCCn2ccnc2)C(c2ccccc2F)/C1=C(/O)c1ccc(Cl)cc1. The lowest BCUT2D eigenvalue weighted by molar-refractivity contribution is -0.140. The van der Waals surface area contributed by atoms with Crippen molar-refractivity contribution >= 4 is 29.1 Å². The Kier molecular flexibility index (Phi) is 5.86. The molecule has 0 spiro atoms. The number of hydrogen-bond donors (Lipinski definition) is 1. The van der Waals surface area contributed by atoms with E-state index in [1.54, 1.807) is 49.1 Å². The van der Waals surface area contributed by atoms with Crippen LogP contribution in [0.3, 0.4) is 0 Å². The zero-order valence-electron chi connectivity index (χ0n) is 16.4. The van der Waals surface area contributed by atoms with Crippen LogP contribution in [-0.4, -0.2) is 37.8 Å². The van der Waals surface area contributed by atoms with E-state index in [2.05, 4.69) is 4.98 Å². The maximum Gasteiger partial charge on any atom is 0.295 e. The number of imidazole rings is 1. The fourth-order valence-electron chi connectivity index (χ4n) is 3.74. The molecule has 1 saturated heterocycles. The molecule has 1 unspecified atom stereocenters. The molecule has 1 atom stereocenters. The van der Waals surface area contributed by atoms with Crippen LogP contribution < -0.4 is 0 Å². The molecule has 1 N–H and O–H groups in total. The first-order chi connectivity index (χ1) is 15.0. The predicted molar refractivity (Wildman–Crippen MR) is 114 cm³/mol. The highest BCUT2D eigenvalue weighted by Gasteiger charge is 2.46. The van der Waals surface area contributed by atoms with Crippen LogP contribution in [-0.2, 0) is 16.1 Å². The largest absolute Gasteiger partial charge is 0.507 e. The molecule has 158 valence electrons. The van der Waals surface area contributed by atoms with Crippen molar-refractivity contribution in [3.63, 3.8) is 0 Å². The molecular formula is C23H19ClFN3O3. The Morgan fingerprint density at radius 1 is 1.10 bits per heavy atom. The second-order valence-corrected chi connectivity index (χ2v) is 7.61. The molecule has 31 heavy (non-hydrogen) atoms. The van der Waals surface area contributed by atoms with Gasteiger partial charge in [0.05, 0.1) is 17.9 Å². The molecule has 1 aliphatic rings. The molecule has 1 aromatic heterocycles. The van der Waals surface area contributed by atoms with Crippen LogP contribution in [0.4, 0.5) is 4.39 Å². The quantitative estimate of drug-likeness (QED) is 0.355. The second-order valence-electron chi connectivity index (χ2n) is 7.17. The van der Waals surface area contributed by atoms with Gasteiger partial charge in [-0.25, -0.2) is 9.37 Å². The highest BCUT2D eigenvalue weighted by atomic mass is 35.5. The first-order valence-corrected chi connectivity index (χ1v) is 10.1. The van der Waals surface area contributed by atoms with Gasteiger partial charge in [-0.05, 0) is 36.8 Å². The number of ketones is 1. The molecule has 4 rings (SSSR count). The van der Waals surface area contributed by atoms with Crippen LogP contribution in [0.5, 0.6) is 0 Å². The van der Waals surface area contributed by atoms with Gasteiger partial charge < -0.3 is 14.6 Å². The van der Waals surface area contributed by atoms with Gasteiger partial charge in [-0.2, -0.15) is 0 Å². The van der Waals surface area contributed by atoms with Crippen molar-refractivity contribution in [2.75, 3.05) is 6.54 Å². The topological polar surface area (TPSA) is 75.4 Å². The summed E-state index contributed by atoms with van der Waals surface area (Å²) in [7, 11) is 0. The number of aliphatic hydroxyl groups is 1. The summed E-state index contributed by atoms with van der Waals surface area (Å²) in [6.07, 6.45) is 5.62. The van der Waals surface area contributed by atoms with E-state index in [9.17, 15) is 19.1 Å². The van der Waals surface area contributed by atoms with Gasteiger partial charge in [0, 0.05) is 41.6 Å². The molecule has 0 radical (unpaired) electrons. The van der Waals surface area contributed by atoms with Crippen molar-refractivity contribution in [3.05, 3.63) is 94.8 Å². The third-order valence-corrected chi connectivity index (χ3v) is 5.48. The summed E-state index contributed by atoms with van der Waals surface area (Å²) in [5.74, 6) is -2.53. The lowest BCUT2D eigenvalue weighted by Crippen LogP contribution is -2.31. The Hall–Kier alpha value is -3.45. The van der Waals surface area contributed by atoms with Gasteiger partial charge in [0.15, 0.2) is 0 Å². The van der Waals surface area contributed by atoms with Crippen molar-refractivity contribution < 1.29 is 19.1 Å². The lowest BCUT2D eigenvalue weighted by atomic mass is 9.95. The molecule has 0 aliphatic carbocycles. The van der Waals surface area contributed by atoms with Crippen LogP contribution in [0.25, 0.3) is 5.76 Å². The first-order valence-electron chi connectivity index (χ1n) is 9.72. The van der Waals surface area contributed by atoms with E-state index >= 15 is 0 Å². The Morgan fingerprint density at radius 2 is 1.84 bits per heavy atom. The summed E-state index contributed by atoms with van der Waals surface area (Å²) in [6.45, 7) is 0.781. The van der Waals surface area contributed by atoms with Gasteiger partial charge in [0.1, 0.15) is 11.6 Å². The number of aliphatic hydroxyl groups excluding tert-OH is 1. The normalized spacial score (nSPS) is 18.0. The number of hydrogen-bond acceptors (Lipinski definition) is 4. The fourth-order valence-corrected chi connectivity index (χ4v) is 3.86. The zero-order valence-corrected chi connectivity index (χ0v) is 17.2. The maximum absolute atomic E-state index is 14.7. The molecule has 6 nitrogen and oxygen atoms in total. The van der Waals surface area contributed by atoms with Gasteiger partial charge in [-0.15, -0.1) is 0 Å². The molecule has 1 aliphatic heterocycles. The number of carbonyl (C=O) groups is 2. The van der Waals surface area contributed by atoms with E-state index in [0.717, 1.165) is 0 Å². The standard InChI is InChI=1S/C23H19ClFN3O3/c24-16-8-6-15(7-9-16)21(29)19-20(17-4-1-2-5-18(17)25)28(23(31)22(19)30)12-3-11-27-13-10-26-14-27/h1-2,4-10,13-14,20,29H,3,11-12H2/b21-19-. The molecular weight excluding hydrogens is 421 g/mol. The van der Waals surface area contributed by atoms with Gasteiger partial charge in [0.2, 0.25) is 0 Å². The van der Waals surface area contributed by atoms with E-state index in [4.69, 9.17) is 11.6 Å². The van der Waals surface area contributed by atoms with Crippen LogP contribution >= 0.6 is 11.6 Å². The van der Waals surface area contributed by atoms with Crippen molar-refractivity contribution in [1.29, 1.82) is 0 Å². The number of halogens is 2. The maximum atomic E-state index is 14.7. The lowest BCUT2D eigenvalue weighted by Gasteiger charge is -2.25. The van der Waals surface area contributed by atoms with E-state index in [-0.39, 0.29) is 23.4 Å². The summed E-state index contributed by atoms with van der Waals surface area (Å²) in [6, 6.07) is 11.1. The second kappa shape index (κ2) is 8.73. The molecule has 2 aromatic carbocycles. The first kappa shape index (κ1) is 20.8. The Bertz CT molecular complexity index is 1140. The fraction of sp³-hybridized carbons (Fsp3) is 0.174. The Labute approximate surface area is 183 Å². The van der Waals surface area contributed by atoms with Crippen molar-refractivity contribution in [1.82, 2.24) is 14.5 Å². The summed E-state index contributed by atoms with van der Waals surface area (Å²) >= 11 is 5.91. The highest BCUT2D eigenvalue weighted by molar-refractivity contribution is 6.46. The molecule has 1 amide bonds. The number of aryl methyl sites for hydroxylation is 1. The predicted octanol–water partition coefficient (Wildman–Crippen LogP) is 4.19. The number of amides is 1. The van der Waals surface area contributed by atoms with Crippen LogP contribution in [0.2, 0.25) is 5.02 Å². The Balaban J connectivity index is 1.75. The third kappa shape index (κ3) is 4.09. The monoisotopic (exact) mass is 439 g/mol. The smallest absolute Gasteiger partial charge is 0.295 e. The molecule has 0 bridgehead atoms. The minimum Gasteiger partial charge on any atom is -0.507 e. The average Bonchev–Trinajstić information content (AvgIpc) is 3.36. The number of Topliss-reactive ketones (excluding diaryl/α,β-unsaturated/α-hetero) is 1. The average molecular weight is 440 g/mol. The number of nitrogens with zero attached hydrogens (tertiary/aromatic N) is 3. The van der Waals surface area contributed by atoms with Crippen LogP contribution in [0.15, 0.2) is 72.8 Å². The summed E-state index contributed by atoms with van der Waals surface area (Å²) in [5.41, 5.74) is 0.335. The minimum atomic E-state index is -1.03. The number of carbonyl (C=O) groups excluding carboxylic acids is 2. The highest BCUT2D eigenvalue weighted by Crippen LogP contribution is 2.40. The van der Waals surface area contributed by atoms with Gasteiger partial charge >= 0.3 is 0 Å². The van der Waals surface area contributed by atoms with Crippen LogP contribution in [0, 0.1) is 5.82 Å². The van der Waals surface area contributed by atoms with Gasteiger partial charge in [-0.3, -0.25) is 9.59 Å². The van der Waals surface area contributed by atoms with Crippen molar-refractivity contribution in [2.24, 2.45) is 0 Å². The van der Waals surface area contributed by atoms with E-state index in [1.165, 1.54) is 23.1 Å². The van der Waals surface area contributed by atoms with E-state index < -0.39 is 23.5 Å². The van der Waals surface area contributed by atoms with Crippen LogP contribution in [0.1, 0.15) is 23.6 Å². The summed E-state index contributed by atoms with van der Waals surface area (Å²) in [5, 5.41) is 11.4. The summed E-state index contributed by atoms with van der Waals surface area (Å²) < 4.78 is 16.6. The molecule has 3 aromatic rings. The van der Waals surface area contributed by atoms with Gasteiger partial charge in [-0.1, -0.05) is 29.8 Å². The summed E-state index contributed by atoms with van der Waals surface area (Å²) in [4.78, 5) is 31.1. The molecule has 1 fully saturated rings. The van der Waals surface area contributed by atoms with Gasteiger partial charge in [0.25, 0.3) is 11.7 Å². The van der Waals surface area contributed by atoms with E-state index in [0.29, 0.717) is 23.6 Å². The number of aromatic nitrogens is 2. The minimum absolute atomic E-state index is 0.139. The van der Waals surface area contributed by atoms with Crippen molar-refractivity contribution in [3.8, 4) is 0 Å². The van der Waals surface area contributed by atoms with E-state index in [1.807, 2.05) is 4.57 Å². The molecule has 0 saturated carbocycles. The third-order valence-electron chi connectivity index (χ3n) is 5.23. The molecule has 8 heteroatoms. The zero-order chi connectivity index (χ0) is 22.0.